The summed E-state index contributed by atoms with van der Waals surface area (Å²) in [7, 11) is 1.65. The predicted molar refractivity (Wildman–Crippen MR) is 87.8 cm³/mol. The van der Waals surface area contributed by atoms with E-state index in [0.29, 0.717) is 5.57 Å². The minimum atomic E-state index is -0.0709. The Kier molecular flexibility index (Phi) is 2.76. The topological polar surface area (TPSA) is 54.1 Å². The summed E-state index contributed by atoms with van der Waals surface area (Å²) in [5.74, 6) is 0.724. The largest absolute Gasteiger partial charge is 0.497 e. The van der Waals surface area contributed by atoms with Gasteiger partial charge in [0.15, 0.2) is 0 Å². The third kappa shape index (κ3) is 1.89. The van der Waals surface area contributed by atoms with Crippen LogP contribution in [-0.2, 0) is 4.79 Å². The summed E-state index contributed by atoms with van der Waals surface area (Å²) in [5.41, 5.74) is 4.45. The lowest BCUT2D eigenvalue weighted by Crippen LogP contribution is -2.03. The minimum Gasteiger partial charge on any atom is -0.497 e. The Morgan fingerprint density at radius 3 is 2.86 bits per heavy atom. The molecule has 3 aromatic rings. The van der Waals surface area contributed by atoms with E-state index in [4.69, 9.17) is 4.74 Å². The second-order valence-corrected chi connectivity index (χ2v) is 5.21. The van der Waals surface area contributed by atoms with Crippen molar-refractivity contribution in [2.75, 3.05) is 12.4 Å². The van der Waals surface area contributed by atoms with Gasteiger partial charge in [-0.15, -0.1) is 0 Å². The SMILES string of the molecule is COc1ccc2[nH]cc(/C=C3\C(=O)Nc4ccccc43)c2c1. The molecular formula is C18H14N2O2. The summed E-state index contributed by atoms with van der Waals surface area (Å²) in [6.07, 6.45) is 3.82. The van der Waals surface area contributed by atoms with E-state index in [1.54, 1.807) is 7.11 Å². The highest BCUT2D eigenvalue weighted by Gasteiger charge is 2.23. The molecule has 2 aromatic carbocycles. The number of benzene rings is 2. The number of para-hydroxylation sites is 1. The van der Waals surface area contributed by atoms with Crippen molar-refractivity contribution in [3.63, 3.8) is 0 Å². The van der Waals surface area contributed by atoms with E-state index in [9.17, 15) is 4.79 Å². The first-order chi connectivity index (χ1) is 10.8. The van der Waals surface area contributed by atoms with Crippen LogP contribution in [0.2, 0.25) is 0 Å². The molecule has 4 rings (SSSR count). The summed E-state index contributed by atoms with van der Waals surface area (Å²) in [6, 6.07) is 13.6. The molecule has 4 heteroatoms. The van der Waals surface area contributed by atoms with Crippen molar-refractivity contribution in [1.29, 1.82) is 0 Å². The first-order valence-electron chi connectivity index (χ1n) is 7.04. The van der Waals surface area contributed by atoms with Gasteiger partial charge in [-0.3, -0.25) is 4.79 Å². The highest BCUT2D eigenvalue weighted by molar-refractivity contribution is 6.35. The van der Waals surface area contributed by atoms with Crippen LogP contribution in [0.4, 0.5) is 5.69 Å². The number of rotatable bonds is 2. The molecule has 0 saturated carbocycles. The number of H-pyrrole nitrogens is 1. The first-order valence-corrected chi connectivity index (χ1v) is 7.04. The van der Waals surface area contributed by atoms with Gasteiger partial charge in [-0.1, -0.05) is 18.2 Å². The summed E-state index contributed by atoms with van der Waals surface area (Å²) >= 11 is 0. The maximum Gasteiger partial charge on any atom is 0.256 e. The van der Waals surface area contributed by atoms with Crippen molar-refractivity contribution >= 4 is 34.1 Å². The molecule has 0 radical (unpaired) electrons. The van der Waals surface area contributed by atoms with Gasteiger partial charge in [-0.25, -0.2) is 0 Å². The van der Waals surface area contributed by atoms with Crippen molar-refractivity contribution in [3.8, 4) is 5.75 Å². The van der Waals surface area contributed by atoms with Crippen LogP contribution in [0.25, 0.3) is 22.6 Å². The Hall–Kier alpha value is -3.01. The summed E-state index contributed by atoms with van der Waals surface area (Å²) in [6.45, 7) is 0. The van der Waals surface area contributed by atoms with Crippen LogP contribution < -0.4 is 10.1 Å². The Bertz CT molecular complexity index is 922. The normalized spacial score (nSPS) is 15.1. The van der Waals surface area contributed by atoms with Crippen LogP contribution in [0.1, 0.15) is 11.1 Å². The maximum atomic E-state index is 12.2. The van der Waals surface area contributed by atoms with Crippen LogP contribution in [0, 0.1) is 0 Å². The third-order valence-corrected chi connectivity index (χ3v) is 3.93. The van der Waals surface area contributed by atoms with Gasteiger partial charge in [0.05, 0.1) is 7.11 Å². The molecule has 1 aliphatic rings. The summed E-state index contributed by atoms with van der Waals surface area (Å²) in [5, 5.41) is 3.92. The zero-order chi connectivity index (χ0) is 15.1. The Labute approximate surface area is 127 Å². The van der Waals surface area contributed by atoms with Crippen LogP contribution in [0.5, 0.6) is 5.75 Å². The number of amides is 1. The molecule has 0 aliphatic carbocycles. The molecule has 0 saturated heterocycles. The van der Waals surface area contributed by atoms with Crippen LogP contribution >= 0.6 is 0 Å². The van der Waals surface area contributed by atoms with Gasteiger partial charge in [0.2, 0.25) is 0 Å². The zero-order valence-electron chi connectivity index (χ0n) is 12.0. The fraction of sp³-hybridized carbons (Fsp3) is 0.0556. The second-order valence-electron chi connectivity index (χ2n) is 5.21. The van der Waals surface area contributed by atoms with E-state index in [1.807, 2.05) is 54.7 Å². The Morgan fingerprint density at radius 1 is 1.14 bits per heavy atom. The van der Waals surface area contributed by atoms with Gasteiger partial charge >= 0.3 is 0 Å². The van der Waals surface area contributed by atoms with Crippen molar-refractivity contribution in [2.24, 2.45) is 0 Å². The monoisotopic (exact) mass is 290 g/mol. The smallest absolute Gasteiger partial charge is 0.256 e. The molecule has 22 heavy (non-hydrogen) atoms. The molecule has 0 atom stereocenters. The summed E-state index contributed by atoms with van der Waals surface area (Å²) in [4.78, 5) is 15.4. The minimum absolute atomic E-state index is 0.0709. The number of carbonyl (C=O) groups excluding carboxylic acids is 1. The molecular weight excluding hydrogens is 276 g/mol. The molecule has 108 valence electrons. The molecule has 0 unspecified atom stereocenters. The molecule has 2 heterocycles. The van der Waals surface area contributed by atoms with Gasteiger partial charge < -0.3 is 15.0 Å². The van der Waals surface area contributed by atoms with E-state index >= 15 is 0 Å². The Balaban J connectivity index is 1.88. The van der Waals surface area contributed by atoms with Crippen molar-refractivity contribution < 1.29 is 9.53 Å². The Morgan fingerprint density at radius 2 is 2.00 bits per heavy atom. The van der Waals surface area contributed by atoms with E-state index in [0.717, 1.165) is 33.5 Å². The van der Waals surface area contributed by atoms with Gasteiger partial charge in [-0.05, 0) is 30.3 Å². The standard InChI is InChI=1S/C18H14N2O2/c1-22-12-6-7-16-14(9-12)11(10-19-16)8-15-13-4-2-3-5-17(13)20-18(15)21/h2-10,19H,1H3,(H,20,21)/b15-8-. The third-order valence-electron chi connectivity index (χ3n) is 3.93. The van der Waals surface area contributed by atoms with Crippen molar-refractivity contribution in [2.45, 2.75) is 0 Å². The van der Waals surface area contributed by atoms with Gasteiger partial charge in [0, 0.05) is 39.5 Å². The van der Waals surface area contributed by atoms with Crippen molar-refractivity contribution in [1.82, 2.24) is 4.98 Å². The lowest BCUT2D eigenvalue weighted by molar-refractivity contribution is -0.110. The lowest BCUT2D eigenvalue weighted by atomic mass is 10.0. The molecule has 0 spiro atoms. The van der Waals surface area contributed by atoms with E-state index < -0.39 is 0 Å². The number of aromatic nitrogens is 1. The average Bonchev–Trinajstić information content (AvgIpc) is 3.09. The van der Waals surface area contributed by atoms with E-state index in [-0.39, 0.29) is 5.91 Å². The highest BCUT2D eigenvalue weighted by atomic mass is 16.5. The molecule has 1 aliphatic heterocycles. The molecule has 1 aromatic heterocycles. The van der Waals surface area contributed by atoms with Gasteiger partial charge in [0.1, 0.15) is 5.75 Å². The second kappa shape index (κ2) is 4.77. The quantitative estimate of drug-likeness (QED) is 0.707. The molecule has 2 N–H and O–H groups in total. The van der Waals surface area contributed by atoms with Crippen LogP contribution in [-0.4, -0.2) is 18.0 Å². The predicted octanol–water partition coefficient (Wildman–Crippen LogP) is 3.67. The number of carbonyl (C=O) groups is 1. The first kappa shape index (κ1) is 12.7. The maximum absolute atomic E-state index is 12.2. The number of hydrogen-bond donors (Lipinski definition) is 2. The van der Waals surface area contributed by atoms with E-state index in [2.05, 4.69) is 10.3 Å². The zero-order valence-corrected chi connectivity index (χ0v) is 12.0. The molecule has 0 fully saturated rings. The van der Waals surface area contributed by atoms with Crippen LogP contribution in [0.15, 0.2) is 48.7 Å². The number of nitrogens with one attached hydrogen (secondary N) is 2. The van der Waals surface area contributed by atoms with Gasteiger partial charge in [-0.2, -0.15) is 0 Å². The van der Waals surface area contributed by atoms with Crippen LogP contribution in [0.3, 0.4) is 0 Å². The molecule has 4 nitrogen and oxygen atoms in total. The number of hydrogen-bond acceptors (Lipinski definition) is 2. The molecule has 1 amide bonds. The summed E-state index contributed by atoms with van der Waals surface area (Å²) < 4.78 is 5.28. The lowest BCUT2D eigenvalue weighted by Gasteiger charge is -2.00. The van der Waals surface area contributed by atoms with E-state index in [1.165, 1.54) is 0 Å². The number of fused-ring (bicyclic) bond motifs is 2. The van der Waals surface area contributed by atoms with Crippen molar-refractivity contribution in [3.05, 3.63) is 59.8 Å². The number of anilines is 1. The fourth-order valence-corrected chi connectivity index (χ4v) is 2.81. The number of methoxy groups -OCH3 is 1. The highest BCUT2D eigenvalue weighted by Crippen LogP contribution is 2.34. The number of aromatic amines is 1. The van der Waals surface area contributed by atoms with Gasteiger partial charge in [0.25, 0.3) is 5.91 Å². The number of ether oxygens (including phenoxy) is 1. The molecule has 0 bridgehead atoms. The average molecular weight is 290 g/mol. The fourth-order valence-electron chi connectivity index (χ4n) is 2.81.